The van der Waals surface area contributed by atoms with Gasteiger partial charge in [-0.2, -0.15) is 5.26 Å². The highest BCUT2D eigenvalue weighted by Crippen LogP contribution is 2.16. The Morgan fingerprint density at radius 3 is 2.76 bits per heavy atom. The summed E-state index contributed by atoms with van der Waals surface area (Å²) in [4.78, 5) is 14.5. The molecule has 1 aromatic carbocycles. The molecule has 25 heavy (non-hydrogen) atoms. The first kappa shape index (κ1) is 19.2. The van der Waals surface area contributed by atoms with Crippen molar-refractivity contribution in [1.29, 1.82) is 5.26 Å². The van der Waals surface area contributed by atoms with Gasteiger partial charge in [-0.05, 0) is 30.5 Å². The van der Waals surface area contributed by atoms with Crippen molar-refractivity contribution in [2.75, 3.05) is 38.2 Å². The van der Waals surface area contributed by atoms with Crippen LogP contribution in [0.1, 0.15) is 25.8 Å². The summed E-state index contributed by atoms with van der Waals surface area (Å²) < 4.78 is 18.5. The first-order valence-corrected chi connectivity index (χ1v) is 8.56. The number of nitrogens with one attached hydrogen (secondary N) is 2. The van der Waals surface area contributed by atoms with Crippen molar-refractivity contribution in [2.24, 2.45) is 5.92 Å². The van der Waals surface area contributed by atoms with Gasteiger partial charge in [0.2, 0.25) is 0 Å². The number of carbonyl (C=O) groups excluding carboxylic acids is 1. The Kier molecular flexibility index (Phi) is 7.16. The third kappa shape index (κ3) is 6.00. The minimum absolute atomic E-state index is 0.0991. The lowest BCUT2D eigenvalue weighted by Gasteiger charge is -2.35. The highest BCUT2D eigenvalue weighted by atomic mass is 19.1. The molecular weight excluding hydrogens is 323 g/mol. The zero-order valence-electron chi connectivity index (χ0n) is 14.7. The number of rotatable bonds is 6. The van der Waals surface area contributed by atoms with Gasteiger partial charge in [-0.15, -0.1) is 0 Å². The van der Waals surface area contributed by atoms with E-state index in [0.29, 0.717) is 31.4 Å². The predicted octanol–water partition coefficient (Wildman–Crippen LogP) is 2.57. The number of ether oxygens (including phenoxy) is 1. The Morgan fingerprint density at radius 1 is 1.40 bits per heavy atom. The van der Waals surface area contributed by atoms with Crippen molar-refractivity contribution in [3.8, 4) is 6.07 Å². The van der Waals surface area contributed by atoms with Crippen molar-refractivity contribution in [1.82, 2.24) is 10.2 Å². The number of anilines is 1. The molecule has 1 aliphatic heterocycles. The Balaban J connectivity index is 1.93. The Hall–Kier alpha value is -2.17. The standard InChI is InChI=1S/C18H25FN4O2/c1-13(2)9-16(23-5-7-25-8-6-23)12-21-18(24)22-17-4-3-15(19)10-14(17)11-20/h3-4,10,13,16H,5-9,12H2,1-2H3,(H2,21,22,24). The number of urea groups is 1. The van der Waals surface area contributed by atoms with E-state index in [1.807, 2.05) is 6.07 Å². The van der Waals surface area contributed by atoms with Crippen molar-refractivity contribution in [3.05, 3.63) is 29.6 Å². The lowest BCUT2D eigenvalue weighted by Crippen LogP contribution is -2.49. The van der Waals surface area contributed by atoms with Crippen LogP contribution >= 0.6 is 0 Å². The van der Waals surface area contributed by atoms with E-state index in [4.69, 9.17) is 10.00 Å². The van der Waals surface area contributed by atoms with Crippen molar-refractivity contribution < 1.29 is 13.9 Å². The normalized spacial score (nSPS) is 16.3. The summed E-state index contributed by atoms with van der Waals surface area (Å²) in [6.07, 6.45) is 0.972. The van der Waals surface area contributed by atoms with Crippen molar-refractivity contribution in [3.63, 3.8) is 0 Å². The number of halogens is 1. The van der Waals surface area contributed by atoms with Crippen molar-refractivity contribution >= 4 is 11.7 Å². The number of carbonyl (C=O) groups is 1. The molecule has 1 aliphatic rings. The number of benzene rings is 1. The molecule has 1 aromatic rings. The topological polar surface area (TPSA) is 77.4 Å². The third-order valence-electron chi connectivity index (χ3n) is 4.15. The van der Waals surface area contributed by atoms with Crippen molar-refractivity contribution in [2.45, 2.75) is 26.3 Å². The van der Waals surface area contributed by atoms with Gasteiger partial charge in [-0.3, -0.25) is 4.90 Å². The van der Waals surface area contributed by atoms with Gasteiger partial charge >= 0.3 is 6.03 Å². The maximum Gasteiger partial charge on any atom is 0.319 e. The highest BCUT2D eigenvalue weighted by molar-refractivity contribution is 5.90. The van der Waals surface area contributed by atoms with Gasteiger partial charge < -0.3 is 15.4 Å². The summed E-state index contributed by atoms with van der Waals surface area (Å²) in [6.45, 7) is 7.96. The molecule has 2 N–H and O–H groups in total. The summed E-state index contributed by atoms with van der Waals surface area (Å²) >= 11 is 0. The molecule has 0 spiro atoms. The quantitative estimate of drug-likeness (QED) is 0.828. The second kappa shape index (κ2) is 9.35. The van der Waals surface area contributed by atoms with Gasteiger partial charge in [-0.25, -0.2) is 9.18 Å². The molecule has 0 saturated carbocycles. The fraction of sp³-hybridized carbons (Fsp3) is 0.556. The second-order valence-electron chi connectivity index (χ2n) is 6.57. The summed E-state index contributed by atoms with van der Waals surface area (Å²) in [6, 6.07) is 5.42. The van der Waals surface area contributed by atoms with Crippen LogP contribution in [0.5, 0.6) is 0 Å². The van der Waals surface area contributed by atoms with Gasteiger partial charge in [0.05, 0.1) is 24.5 Å². The van der Waals surface area contributed by atoms with Gasteiger partial charge in [0.25, 0.3) is 0 Å². The molecule has 1 saturated heterocycles. The predicted molar refractivity (Wildman–Crippen MR) is 93.8 cm³/mol. The first-order valence-electron chi connectivity index (χ1n) is 8.56. The average Bonchev–Trinajstić information content (AvgIpc) is 2.60. The number of nitriles is 1. The maximum absolute atomic E-state index is 13.2. The molecule has 1 fully saturated rings. The van der Waals surface area contributed by atoms with Crippen LogP contribution in [0, 0.1) is 23.1 Å². The van der Waals surface area contributed by atoms with Gasteiger partial charge in [0, 0.05) is 25.7 Å². The largest absolute Gasteiger partial charge is 0.379 e. The first-order chi connectivity index (χ1) is 12.0. The Labute approximate surface area is 147 Å². The van der Waals surface area contributed by atoms with Gasteiger partial charge in [0.1, 0.15) is 11.9 Å². The molecule has 2 rings (SSSR count). The SMILES string of the molecule is CC(C)CC(CNC(=O)Nc1ccc(F)cc1C#N)N1CCOCC1. The van der Waals surface area contributed by atoms with E-state index in [1.54, 1.807) is 0 Å². The molecule has 6 nitrogen and oxygen atoms in total. The molecule has 0 radical (unpaired) electrons. The fourth-order valence-corrected chi connectivity index (χ4v) is 2.94. The highest BCUT2D eigenvalue weighted by Gasteiger charge is 2.22. The smallest absolute Gasteiger partial charge is 0.319 e. The number of hydrogen-bond acceptors (Lipinski definition) is 4. The third-order valence-corrected chi connectivity index (χ3v) is 4.15. The summed E-state index contributed by atoms with van der Waals surface area (Å²) in [5, 5.41) is 14.5. The summed E-state index contributed by atoms with van der Waals surface area (Å²) in [5.74, 6) is 0.00631. The zero-order chi connectivity index (χ0) is 18.2. The lowest BCUT2D eigenvalue weighted by atomic mass is 10.0. The Morgan fingerprint density at radius 2 is 2.12 bits per heavy atom. The number of nitrogens with zero attached hydrogens (tertiary/aromatic N) is 2. The minimum Gasteiger partial charge on any atom is -0.379 e. The second-order valence-corrected chi connectivity index (χ2v) is 6.57. The molecule has 0 bridgehead atoms. The summed E-state index contributed by atoms with van der Waals surface area (Å²) in [5.41, 5.74) is 0.398. The molecule has 1 atom stereocenters. The molecule has 0 aromatic heterocycles. The van der Waals surface area contributed by atoms with Crippen LogP contribution in [0.15, 0.2) is 18.2 Å². The fourth-order valence-electron chi connectivity index (χ4n) is 2.94. The van der Waals surface area contributed by atoms with Crippen LogP contribution < -0.4 is 10.6 Å². The number of morpholine rings is 1. The monoisotopic (exact) mass is 348 g/mol. The molecule has 136 valence electrons. The van der Waals surface area contributed by atoms with Crippen LogP contribution in [0.4, 0.5) is 14.9 Å². The van der Waals surface area contributed by atoms with Gasteiger partial charge in [0.15, 0.2) is 0 Å². The van der Waals surface area contributed by atoms with Crippen LogP contribution in [0.3, 0.4) is 0 Å². The number of amides is 2. The molecule has 0 aliphatic carbocycles. The summed E-state index contributed by atoms with van der Waals surface area (Å²) in [7, 11) is 0. The van der Waals surface area contributed by atoms with E-state index in [2.05, 4.69) is 29.4 Å². The van der Waals surface area contributed by atoms with Crippen LogP contribution in [0.25, 0.3) is 0 Å². The molecule has 7 heteroatoms. The molecule has 2 amide bonds. The average molecular weight is 348 g/mol. The maximum atomic E-state index is 13.2. The molecular formula is C18H25FN4O2. The molecule has 1 heterocycles. The van der Waals surface area contributed by atoms with Gasteiger partial charge in [-0.1, -0.05) is 13.8 Å². The molecule has 1 unspecified atom stereocenters. The Bertz CT molecular complexity index is 624. The van der Waals surface area contributed by atoms with E-state index < -0.39 is 11.8 Å². The van der Waals surface area contributed by atoms with Crippen LogP contribution in [0.2, 0.25) is 0 Å². The lowest BCUT2D eigenvalue weighted by molar-refractivity contribution is 0.0130. The van der Waals surface area contributed by atoms with Crippen LogP contribution in [-0.2, 0) is 4.74 Å². The van der Waals surface area contributed by atoms with E-state index in [0.717, 1.165) is 25.6 Å². The van der Waals surface area contributed by atoms with E-state index in [-0.39, 0.29) is 11.6 Å². The zero-order valence-corrected chi connectivity index (χ0v) is 14.7. The van der Waals surface area contributed by atoms with E-state index in [1.165, 1.54) is 12.1 Å². The minimum atomic E-state index is -0.508. The van der Waals surface area contributed by atoms with E-state index >= 15 is 0 Å². The van der Waals surface area contributed by atoms with Crippen LogP contribution in [-0.4, -0.2) is 49.8 Å². The van der Waals surface area contributed by atoms with E-state index in [9.17, 15) is 9.18 Å². The number of hydrogen-bond donors (Lipinski definition) is 2.